The zero-order valence-corrected chi connectivity index (χ0v) is 9.12. The highest BCUT2D eigenvalue weighted by molar-refractivity contribution is 5.63. The molecule has 0 bridgehead atoms. The minimum Gasteiger partial charge on any atom is -0.384 e. The molecule has 0 aliphatic rings. The number of nitrogen functional groups attached to an aromatic ring is 1. The van der Waals surface area contributed by atoms with Crippen molar-refractivity contribution < 1.29 is 4.92 Å². The second-order valence-electron chi connectivity index (χ2n) is 3.53. The first-order valence-corrected chi connectivity index (χ1v) is 4.92. The van der Waals surface area contributed by atoms with Crippen LogP contribution in [0.25, 0.3) is 11.3 Å². The molecule has 2 N–H and O–H groups in total. The quantitative estimate of drug-likeness (QED) is 0.628. The number of nitro groups is 1. The van der Waals surface area contributed by atoms with Crippen molar-refractivity contribution in [2.45, 2.75) is 6.92 Å². The van der Waals surface area contributed by atoms with Gasteiger partial charge in [-0.15, -0.1) is 0 Å². The molecule has 0 saturated heterocycles. The molecule has 2 aromatic rings. The second kappa shape index (κ2) is 4.17. The van der Waals surface area contributed by atoms with Gasteiger partial charge in [0.1, 0.15) is 11.6 Å². The predicted molar refractivity (Wildman–Crippen MR) is 63.3 cm³/mol. The Morgan fingerprint density at radius 3 is 2.41 bits per heavy atom. The topological polar surface area (TPSA) is 94.9 Å². The van der Waals surface area contributed by atoms with Gasteiger partial charge in [0, 0.05) is 23.8 Å². The molecule has 86 valence electrons. The number of aryl methyl sites for hydroxylation is 1. The average Bonchev–Trinajstić information content (AvgIpc) is 2.28. The van der Waals surface area contributed by atoms with Gasteiger partial charge in [0.25, 0.3) is 5.69 Å². The van der Waals surface area contributed by atoms with Gasteiger partial charge < -0.3 is 5.73 Å². The summed E-state index contributed by atoms with van der Waals surface area (Å²) in [4.78, 5) is 18.3. The molecule has 1 heterocycles. The van der Waals surface area contributed by atoms with Crippen molar-refractivity contribution >= 4 is 11.5 Å². The van der Waals surface area contributed by atoms with Crippen LogP contribution in [0.3, 0.4) is 0 Å². The molecule has 0 atom stereocenters. The fourth-order valence-electron chi connectivity index (χ4n) is 1.49. The van der Waals surface area contributed by atoms with Gasteiger partial charge >= 0.3 is 0 Å². The third kappa shape index (κ3) is 2.36. The molecule has 0 fully saturated rings. The summed E-state index contributed by atoms with van der Waals surface area (Å²) in [7, 11) is 0. The molecule has 2 rings (SSSR count). The van der Waals surface area contributed by atoms with Crippen molar-refractivity contribution in [3.05, 3.63) is 46.3 Å². The Hall–Kier alpha value is -2.50. The largest absolute Gasteiger partial charge is 0.384 e. The molecule has 0 aliphatic heterocycles. The first kappa shape index (κ1) is 11.0. The lowest BCUT2D eigenvalue weighted by molar-refractivity contribution is -0.384. The summed E-state index contributed by atoms with van der Waals surface area (Å²) in [6.07, 6.45) is 0. The maximum atomic E-state index is 10.5. The van der Waals surface area contributed by atoms with E-state index in [0.29, 0.717) is 17.3 Å². The Kier molecular flexibility index (Phi) is 2.70. The Labute approximate surface area is 97.3 Å². The monoisotopic (exact) mass is 230 g/mol. The van der Waals surface area contributed by atoms with Crippen molar-refractivity contribution in [1.29, 1.82) is 0 Å². The third-order valence-corrected chi connectivity index (χ3v) is 2.23. The van der Waals surface area contributed by atoms with Crippen LogP contribution in [0.2, 0.25) is 0 Å². The normalized spacial score (nSPS) is 10.2. The number of rotatable bonds is 2. The predicted octanol–water partition coefficient (Wildman–Crippen LogP) is 1.94. The molecule has 0 aliphatic carbocycles. The van der Waals surface area contributed by atoms with Crippen LogP contribution in [0.5, 0.6) is 0 Å². The van der Waals surface area contributed by atoms with E-state index in [1.165, 1.54) is 12.1 Å². The molecular weight excluding hydrogens is 220 g/mol. The summed E-state index contributed by atoms with van der Waals surface area (Å²) < 4.78 is 0. The smallest absolute Gasteiger partial charge is 0.269 e. The first-order chi connectivity index (χ1) is 8.06. The fourth-order valence-corrected chi connectivity index (χ4v) is 1.49. The van der Waals surface area contributed by atoms with E-state index in [1.54, 1.807) is 25.1 Å². The zero-order chi connectivity index (χ0) is 12.4. The summed E-state index contributed by atoms with van der Waals surface area (Å²) in [5, 5.41) is 10.5. The molecule has 0 radical (unpaired) electrons. The molecule has 6 nitrogen and oxygen atoms in total. The number of aromatic nitrogens is 2. The Balaban J connectivity index is 2.43. The number of nitrogens with two attached hydrogens (primary N) is 1. The van der Waals surface area contributed by atoms with Crippen molar-refractivity contribution in [3.63, 3.8) is 0 Å². The van der Waals surface area contributed by atoms with Crippen LogP contribution in [0.4, 0.5) is 11.5 Å². The number of benzene rings is 1. The average molecular weight is 230 g/mol. The SMILES string of the molecule is Cc1nc(N)cc(-c2ccc([N+](=O)[O-])cc2)n1. The van der Waals surface area contributed by atoms with Crippen LogP contribution in [0, 0.1) is 17.0 Å². The number of nitro benzene ring substituents is 1. The first-order valence-electron chi connectivity index (χ1n) is 4.92. The molecule has 0 amide bonds. The number of hydrogen-bond acceptors (Lipinski definition) is 5. The minimum absolute atomic E-state index is 0.0486. The molecule has 6 heteroatoms. The number of nitrogens with zero attached hydrogens (tertiary/aromatic N) is 3. The molecule has 0 spiro atoms. The Morgan fingerprint density at radius 2 is 1.88 bits per heavy atom. The van der Waals surface area contributed by atoms with Gasteiger partial charge in [-0.2, -0.15) is 0 Å². The zero-order valence-electron chi connectivity index (χ0n) is 9.12. The van der Waals surface area contributed by atoms with Crippen LogP contribution in [0.15, 0.2) is 30.3 Å². The van der Waals surface area contributed by atoms with Gasteiger partial charge in [0.05, 0.1) is 10.6 Å². The summed E-state index contributed by atoms with van der Waals surface area (Å²) in [5.74, 6) is 0.948. The lowest BCUT2D eigenvalue weighted by Gasteiger charge is -2.03. The maximum Gasteiger partial charge on any atom is 0.269 e. The van der Waals surface area contributed by atoms with Crippen LogP contribution in [0.1, 0.15) is 5.82 Å². The molecular formula is C11H10N4O2. The second-order valence-corrected chi connectivity index (χ2v) is 3.53. The van der Waals surface area contributed by atoms with E-state index in [0.717, 1.165) is 5.56 Å². The van der Waals surface area contributed by atoms with Gasteiger partial charge in [0.2, 0.25) is 0 Å². The van der Waals surface area contributed by atoms with Gasteiger partial charge in [0.15, 0.2) is 0 Å². The molecule has 1 aromatic carbocycles. The summed E-state index contributed by atoms with van der Waals surface area (Å²) in [6.45, 7) is 1.74. The van der Waals surface area contributed by atoms with E-state index in [9.17, 15) is 10.1 Å². The Morgan fingerprint density at radius 1 is 1.24 bits per heavy atom. The highest BCUT2D eigenvalue weighted by Crippen LogP contribution is 2.21. The number of anilines is 1. The van der Waals surface area contributed by atoms with E-state index in [4.69, 9.17) is 5.73 Å². The summed E-state index contributed by atoms with van der Waals surface area (Å²) in [6, 6.07) is 7.78. The van der Waals surface area contributed by atoms with E-state index in [-0.39, 0.29) is 5.69 Å². The molecule has 0 unspecified atom stereocenters. The lowest BCUT2D eigenvalue weighted by Crippen LogP contribution is -1.97. The van der Waals surface area contributed by atoms with Gasteiger partial charge in [-0.1, -0.05) is 0 Å². The lowest BCUT2D eigenvalue weighted by atomic mass is 10.1. The van der Waals surface area contributed by atoms with Crippen molar-refractivity contribution in [3.8, 4) is 11.3 Å². The minimum atomic E-state index is -0.441. The number of non-ortho nitro benzene ring substituents is 1. The fraction of sp³-hybridized carbons (Fsp3) is 0.0909. The maximum absolute atomic E-state index is 10.5. The van der Waals surface area contributed by atoms with E-state index >= 15 is 0 Å². The highest BCUT2D eigenvalue weighted by atomic mass is 16.6. The van der Waals surface area contributed by atoms with E-state index in [1.807, 2.05) is 0 Å². The van der Waals surface area contributed by atoms with Crippen molar-refractivity contribution in [2.75, 3.05) is 5.73 Å². The van der Waals surface area contributed by atoms with Gasteiger partial charge in [-0.25, -0.2) is 9.97 Å². The van der Waals surface area contributed by atoms with Crippen molar-refractivity contribution in [1.82, 2.24) is 9.97 Å². The van der Waals surface area contributed by atoms with Crippen LogP contribution < -0.4 is 5.73 Å². The third-order valence-electron chi connectivity index (χ3n) is 2.23. The number of hydrogen-bond donors (Lipinski definition) is 1. The molecule has 0 saturated carbocycles. The molecule has 17 heavy (non-hydrogen) atoms. The van der Waals surface area contributed by atoms with Gasteiger partial charge in [-0.3, -0.25) is 10.1 Å². The molecule has 1 aromatic heterocycles. The van der Waals surface area contributed by atoms with Crippen molar-refractivity contribution in [2.24, 2.45) is 0 Å². The van der Waals surface area contributed by atoms with Crippen LogP contribution in [-0.2, 0) is 0 Å². The Bertz CT molecular complexity index is 546. The standard InChI is InChI=1S/C11H10N4O2/c1-7-13-10(6-11(12)14-7)8-2-4-9(5-3-8)15(16)17/h2-6H,1H3,(H2,12,13,14). The van der Waals surface area contributed by atoms with Crippen LogP contribution >= 0.6 is 0 Å². The van der Waals surface area contributed by atoms with Gasteiger partial charge in [-0.05, 0) is 19.1 Å². The van der Waals surface area contributed by atoms with Crippen LogP contribution in [-0.4, -0.2) is 14.9 Å². The highest BCUT2D eigenvalue weighted by Gasteiger charge is 2.07. The summed E-state index contributed by atoms with van der Waals surface area (Å²) in [5.41, 5.74) is 7.09. The van der Waals surface area contributed by atoms with E-state index < -0.39 is 4.92 Å². The summed E-state index contributed by atoms with van der Waals surface area (Å²) >= 11 is 0. The van der Waals surface area contributed by atoms with E-state index in [2.05, 4.69) is 9.97 Å².